The van der Waals surface area contributed by atoms with E-state index in [1.807, 2.05) is 0 Å². The van der Waals surface area contributed by atoms with Crippen molar-refractivity contribution < 1.29 is 0 Å². The minimum Gasteiger partial charge on any atom is -0.0689 e. The lowest BCUT2D eigenvalue weighted by Crippen LogP contribution is -2.43. The molecule has 0 aromatic heterocycles. The second kappa shape index (κ2) is 8.49. The molecule has 0 amide bonds. The first-order valence-electron chi connectivity index (χ1n) is 11.9. The van der Waals surface area contributed by atoms with E-state index >= 15 is 0 Å². The monoisotopic (exact) mass is 362 g/mol. The van der Waals surface area contributed by atoms with E-state index in [0.717, 1.165) is 17.8 Å². The van der Waals surface area contributed by atoms with Crippen LogP contribution in [0, 0.1) is 29.6 Å². The molecular weight excluding hydrogens is 316 g/mol. The van der Waals surface area contributed by atoms with Crippen LogP contribution in [0.5, 0.6) is 0 Å². The van der Waals surface area contributed by atoms with Crippen molar-refractivity contribution >= 4 is 8.07 Å². The molecule has 0 aliphatic heterocycles. The summed E-state index contributed by atoms with van der Waals surface area (Å²) in [7, 11) is -1.05. The Kier molecular flexibility index (Phi) is 6.78. The Morgan fingerprint density at radius 3 is 1.32 bits per heavy atom. The maximum atomic E-state index is 2.83. The van der Waals surface area contributed by atoms with Crippen LogP contribution >= 0.6 is 0 Å². The van der Waals surface area contributed by atoms with Crippen LogP contribution in [0.25, 0.3) is 0 Å². The molecule has 0 aromatic rings. The fraction of sp³-hybridized carbons (Fsp3) is 1.00. The lowest BCUT2D eigenvalue weighted by atomic mass is 9.81. The highest BCUT2D eigenvalue weighted by Crippen LogP contribution is 2.61. The minimum atomic E-state index is -1.05. The maximum Gasteiger partial charge on any atom is 0.0541 e. The van der Waals surface area contributed by atoms with Gasteiger partial charge in [0.1, 0.15) is 0 Å². The summed E-state index contributed by atoms with van der Waals surface area (Å²) in [6, 6.07) is 0. The molecule has 0 aromatic carbocycles. The molecular formula is C24H46Si. The van der Waals surface area contributed by atoms with Gasteiger partial charge in [0.05, 0.1) is 8.07 Å². The van der Waals surface area contributed by atoms with Gasteiger partial charge in [0, 0.05) is 0 Å². The van der Waals surface area contributed by atoms with Gasteiger partial charge < -0.3 is 0 Å². The van der Waals surface area contributed by atoms with Crippen LogP contribution in [0.4, 0.5) is 0 Å². The third-order valence-corrected chi connectivity index (χ3v) is 13.8. The first-order chi connectivity index (χ1) is 11.9. The maximum absolute atomic E-state index is 2.83. The van der Waals surface area contributed by atoms with Gasteiger partial charge in [-0.2, -0.15) is 0 Å². The summed E-state index contributed by atoms with van der Waals surface area (Å²) in [5, 5.41) is 0. The predicted octanol–water partition coefficient (Wildman–Crippen LogP) is 8.30. The Bertz CT molecular complexity index is 376. The summed E-state index contributed by atoms with van der Waals surface area (Å²) >= 11 is 0. The average Bonchev–Trinajstić information content (AvgIpc) is 3.19. The highest BCUT2D eigenvalue weighted by molar-refractivity contribution is 6.80. The Labute approximate surface area is 159 Å². The fourth-order valence-corrected chi connectivity index (χ4v) is 13.0. The van der Waals surface area contributed by atoms with E-state index < -0.39 is 8.07 Å². The zero-order chi connectivity index (χ0) is 18.0. The van der Waals surface area contributed by atoms with Crippen molar-refractivity contribution in [3.8, 4) is 0 Å². The molecule has 0 nitrogen and oxygen atoms in total. The second-order valence-corrected chi connectivity index (χ2v) is 16.5. The molecule has 6 unspecified atom stereocenters. The van der Waals surface area contributed by atoms with Gasteiger partial charge >= 0.3 is 0 Å². The van der Waals surface area contributed by atoms with Crippen LogP contribution in [0.15, 0.2) is 0 Å². The summed E-state index contributed by atoms with van der Waals surface area (Å²) in [6.07, 6.45) is 19.0. The summed E-state index contributed by atoms with van der Waals surface area (Å²) in [5.41, 5.74) is 2.40. The normalized spacial score (nSPS) is 41.0. The van der Waals surface area contributed by atoms with Crippen LogP contribution < -0.4 is 0 Å². The molecule has 0 bridgehead atoms. The topological polar surface area (TPSA) is 0 Å². The summed E-state index contributed by atoms with van der Waals surface area (Å²) in [4.78, 5) is 0. The third kappa shape index (κ3) is 4.38. The summed E-state index contributed by atoms with van der Waals surface area (Å²) in [5.74, 6) is 5.48. The molecule has 0 saturated heterocycles. The largest absolute Gasteiger partial charge is 0.0689 e. The molecule has 0 N–H and O–H groups in total. The molecule has 4 saturated carbocycles. The summed E-state index contributed by atoms with van der Waals surface area (Å²) in [6.45, 7) is 12.2. The van der Waals surface area contributed by atoms with E-state index in [2.05, 4.69) is 33.9 Å². The lowest BCUT2D eigenvalue weighted by Gasteiger charge is -2.45. The van der Waals surface area contributed by atoms with Crippen LogP contribution in [0.3, 0.4) is 0 Å². The van der Waals surface area contributed by atoms with Crippen LogP contribution in [-0.2, 0) is 0 Å². The van der Waals surface area contributed by atoms with Gasteiger partial charge in [0.15, 0.2) is 0 Å². The van der Waals surface area contributed by atoms with Gasteiger partial charge in [-0.1, -0.05) is 111 Å². The van der Waals surface area contributed by atoms with Crippen LogP contribution in [0.1, 0.15) is 97.8 Å². The van der Waals surface area contributed by atoms with Gasteiger partial charge in [-0.05, 0) is 40.7 Å². The van der Waals surface area contributed by atoms with Crippen molar-refractivity contribution in [3.05, 3.63) is 0 Å². The second-order valence-electron chi connectivity index (χ2n) is 11.3. The molecule has 25 heavy (non-hydrogen) atoms. The third-order valence-electron chi connectivity index (χ3n) is 8.58. The minimum absolute atomic E-state index is 0.833. The van der Waals surface area contributed by atoms with E-state index in [0.29, 0.717) is 0 Å². The van der Waals surface area contributed by atoms with Crippen molar-refractivity contribution in [3.63, 3.8) is 0 Å². The van der Waals surface area contributed by atoms with Gasteiger partial charge in [-0.15, -0.1) is 0 Å². The van der Waals surface area contributed by atoms with Crippen LogP contribution in [0.2, 0.25) is 24.2 Å². The molecule has 4 rings (SSSR count). The zero-order valence-corrected chi connectivity index (χ0v) is 19.0. The SMILES string of the molecule is CC(C)C.C[Si](C)(C1CCC2CCCCC21)C1CCC2CCCCC21. The Hall–Kier alpha value is 0.217. The van der Waals surface area contributed by atoms with E-state index in [4.69, 9.17) is 0 Å². The van der Waals surface area contributed by atoms with Gasteiger partial charge in [0.25, 0.3) is 0 Å². The Morgan fingerprint density at radius 2 is 0.920 bits per heavy atom. The number of fused-ring (bicyclic) bond motifs is 2. The molecule has 4 aliphatic rings. The van der Waals surface area contributed by atoms with Gasteiger partial charge in [-0.25, -0.2) is 0 Å². The number of hydrogen-bond donors (Lipinski definition) is 0. The van der Waals surface area contributed by atoms with E-state index in [1.54, 1.807) is 77.0 Å². The van der Waals surface area contributed by atoms with E-state index in [1.165, 1.54) is 22.9 Å². The first kappa shape index (κ1) is 20.0. The standard InChI is InChI=1S/C20H36Si.C4H10/c1-21(2,19-13-11-15-7-3-5-9-17(15)19)20-14-12-16-8-4-6-10-18(16)20;1-4(2)3/h15-20H,3-14H2,1-2H3;4H,1-3H3. The van der Waals surface area contributed by atoms with Crippen molar-refractivity contribution in [2.75, 3.05) is 0 Å². The van der Waals surface area contributed by atoms with Crippen molar-refractivity contribution in [1.29, 1.82) is 0 Å². The lowest BCUT2D eigenvalue weighted by molar-refractivity contribution is 0.263. The summed E-state index contributed by atoms with van der Waals surface area (Å²) < 4.78 is 0. The Morgan fingerprint density at radius 1 is 0.560 bits per heavy atom. The molecule has 1 heteroatoms. The Balaban J connectivity index is 0.000000415. The molecule has 0 radical (unpaired) electrons. The number of rotatable bonds is 2. The fourth-order valence-electron chi connectivity index (χ4n) is 7.59. The first-order valence-corrected chi connectivity index (χ1v) is 15.1. The average molecular weight is 363 g/mol. The van der Waals surface area contributed by atoms with E-state index in [-0.39, 0.29) is 0 Å². The smallest absolute Gasteiger partial charge is 0.0541 e. The highest BCUT2D eigenvalue weighted by atomic mass is 28.3. The molecule has 4 aliphatic carbocycles. The van der Waals surface area contributed by atoms with Crippen molar-refractivity contribution in [2.45, 2.75) is 122 Å². The molecule has 4 fully saturated rings. The quantitative estimate of drug-likeness (QED) is 0.433. The molecule has 6 atom stereocenters. The van der Waals surface area contributed by atoms with Crippen molar-refractivity contribution in [2.24, 2.45) is 29.6 Å². The number of hydrogen-bond acceptors (Lipinski definition) is 0. The molecule has 146 valence electrons. The van der Waals surface area contributed by atoms with Crippen LogP contribution in [-0.4, -0.2) is 8.07 Å². The van der Waals surface area contributed by atoms with Gasteiger partial charge in [0.2, 0.25) is 0 Å². The predicted molar refractivity (Wildman–Crippen MR) is 115 cm³/mol. The molecule has 0 heterocycles. The zero-order valence-electron chi connectivity index (χ0n) is 18.0. The molecule has 0 spiro atoms. The van der Waals surface area contributed by atoms with E-state index in [9.17, 15) is 0 Å². The highest BCUT2D eigenvalue weighted by Gasteiger charge is 2.53. The van der Waals surface area contributed by atoms with Gasteiger partial charge in [-0.3, -0.25) is 0 Å². The van der Waals surface area contributed by atoms with Crippen molar-refractivity contribution in [1.82, 2.24) is 0 Å².